The SMILES string of the molecule is CCOC(=O)C1=NN(N=O)[C@H]2C(=O)N(c3ccc(Br)cc3)C(=O)[C@@H]12. The minimum absolute atomic E-state index is 0.0717. The Kier molecular flexibility index (Phi) is 4.14. The van der Waals surface area contributed by atoms with E-state index >= 15 is 0 Å². The Balaban J connectivity index is 2.00. The summed E-state index contributed by atoms with van der Waals surface area (Å²) < 4.78 is 5.61. The molecule has 1 saturated heterocycles. The Morgan fingerprint density at radius 1 is 1.29 bits per heavy atom. The van der Waals surface area contributed by atoms with Crippen LogP contribution < -0.4 is 4.90 Å². The molecule has 0 saturated carbocycles. The highest BCUT2D eigenvalue weighted by Crippen LogP contribution is 2.35. The number of nitroso groups, excluding NO2 is 1. The van der Waals surface area contributed by atoms with Crippen LogP contribution in [0.15, 0.2) is 39.1 Å². The van der Waals surface area contributed by atoms with E-state index in [-0.39, 0.29) is 12.3 Å². The number of amides is 2. The molecule has 0 aliphatic carbocycles. The van der Waals surface area contributed by atoms with Gasteiger partial charge in [-0.15, -0.1) is 15.1 Å². The average molecular weight is 395 g/mol. The maximum absolute atomic E-state index is 12.7. The Morgan fingerprint density at radius 3 is 2.54 bits per heavy atom. The van der Waals surface area contributed by atoms with Crippen LogP contribution in [0.1, 0.15) is 6.92 Å². The molecular weight excluding hydrogens is 384 g/mol. The van der Waals surface area contributed by atoms with Crippen molar-refractivity contribution in [1.29, 1.82) is 0 Å². The van der Waals surface area contributed by atoms with Gasteiger partial charge in [-0.1, -0.05) is 15.9 Å². The molecule has 1 aromatic rings. The van der Waals surface area contributed by atoms with E-state index in [1.165, 1.54) is 0 Å². The summed E-state index contributed by atoms with van der Waals surface area (Å²) in [6.07, 6.45) is 0. The molecule has 2 aliphatic heterocycles. The number of nitrogens with zero attached hydrogens (tertiary/aromatic N) is 4. The minimum atomic E-state index is -1.27. The second-order valence-corrected chi connectivity index (χ2v) is 5.93. The van der Waals surface area contributed by atoms with E-state index < -0.39 is 29.7 Å². The van der Waals surface area contributed by atoms with E-state index in [0.29, 0.717) is 10.8 Å². The largest absolute Gasteiger partial charge is 0.461 e. The molecule has 0 aromatic heterocycles. The van der Waals surface area contributed by atoms with Gasteiger partial charge >= 0.3 is 5.97 Å². The molecule has 0 spiro atoms. The first-order valence-electron chi connectivity index (χ1n) is 7.01. The minimum Gasteiger partial charge on any atom is -0.461 e. The maximum Gasteiger partial charge on any atom is 0.355 e. The number of esters is 1. The second kappa shape index (κ2) is 6.11. The van der Waals surface area contributed by atoms with E-state index in [1.807, 2.05) is 0 Å². The maximum atomic E-state index is 12.7. The van der Waals surface area contributed by atoms with Crippen molar-refractivity contribution in [2.45, 2.75) is 13.0 Å². The number of carbonyl (C=O) groups is 3. The van der Waals surface area contributed by atoms with Crippen LogP contribution >= 0.6 is 15.9 Å². The average Bonchev–Trinajstić information content (AvgIpc) is 3.07. The third-order valence-electron chi connectivity index (χ3n) is 3.68. The number of imide groups is 1. The topological polar surface area (TPSA) is 109 Å². The first kappa shape index (κ1) is 16.2. The molecule has 0 N–H and O–H groups in total. The highest BCUT2D eigenvalue weighted by molar-refractivity contribution is 9.10. The van der Waals surface area contributed by atoms with Crippen molar-refractivity contribution in [3.63, 3.8) is 0 Å². The molecule has 1 fully saturated rings. The zero-order valence-corrected chi connectivity index (χ0v) is 14.0. The van der Waals surface area contributed by atoms with Crippen molar-refractivity contribution in [1.82, 2.24) is 5.12 Å². The lowest BCUT2D eigenvalue weighted by Gasteiger charge is -2.16. The van der Waals surface area contributed by atoms with Gasteiger partial charge in [-0.05, 0) is 31.2 Å². The number of hydrazone groups is 1. The fourth-order valence-corrected chi connectivity index (χ4v) is 2.94. The monoisotopic (exact) mass is 394 g/mol. The number of anilines is 1. The molecule has 2 heterocycles. The smallest absolute Gasteiger partial charge is 0.355 e. The van der Waals surface area contributed by atoms with Gasteiger partial charge in [0.25, 0.3) is 5.91 Å². The number of halogens is 1. The van der Waals surface area contributed by atoms with Crippen LogP contribution in [0, 0.1) is 10.8 Å². The molecular formula is C14H11BrN4O5. The molecule has 2 atom stereocenters. The van der Waals surface area contributed by atoms with Gasteiger partial charge in [0.1, 0.15) is 5.92 Å². The summed E-state index contributed by atoms with van der Waals surface area (Å²) in [6.45, 7) is 1.67. The van der Waals surface area contributed by atoms with Crippen LogP contribution in [0.4, 0.5) is 5.69 Å². The number of fused-ring (bicyclic) bond motifs is 1. The van der Waals surface area contributed by atoms with Gasteiger partial charge in [-0.25, -0.2) is 9.69 Å². The molecule has 9 nitrogen and oxygen atoms in total. The van der Waals surface area contributed by atoms with Crippen molar-refractivity contribution >= 4 is 45.1 Å². The predicted octanol–water partition coefficient (Wildman–Crippen LogP) is 1.22. The fourth-order valence-electron chi connectivity index (χ4n) is 2.68. The lowest BCUT2D eigenvalue weighted by molar-refractivity contribution is -0.136. The predicted molar refractivity (Wildman–Crippen MR) is 85.6 cm³/mol. The second-order valence-electron chi connectivity index (χ2n) is 5.02. The summed E-state index contributed by atoms with van der Waals surface area (Å²) >= 11 is 3.27. The normalized spacial score (nSPS) is 22.5. The first-order chi connectivity index (χ1) is 11.5. The van der Waals surface area contributed by atoms with Crippen LogP contribution in [0.2, 0.25) is 0 Å². The van der Waals surface area contributed by atoms with Crippen LogP contribution in [-0.2, 0) is 19.1 Å². The Labute approximate surface area is 144 Å². The van der Waals surface area contributed by atoms with Crippen LogP contribution in [-0.4, -0.2) is 41.3 Å². The highest BCUT2D eigenvalue weighted by Gasteiger charge is 2.59. The molecule has 0 bridgehead atoms. The molecule has 3 rings (SSSR count). The Morgan fingerprint density at radius 2 is 1.96 bits per heavy atom. The van der Waals surface area contributed by atoms with Gasteiger partial charge in [-0.3, -0.25) is 9.59 Å². The number of carbonyl (C=O) groups excluding carboxylic acids is 3. The van der Waals surface area contributed by atoms with E-state index in [4.69, 9.17) is 4.74 Å². The quantitative estimate of drug-likeness (QED) is 0.431. The van der Waals surface area contributed by atoms with Gasteiger partial charge in [0.05, 0.1) is 17.6 Å². The third kappa shape index (κ3) is 2.39. The molecule has 10 heteroatoms. The molecule has 1 aromatic carbocycles. The van der Waals surface area contributed by atoms with Gasteiger partial charge in [-0.2, -0.15) is 0 Å². The standard InChI is InChI=1S/C14H11BrN4O5/c1-2-24-14(22)10-9-11(19(16-10)17-23)13(21)18(12(9)20)8-5-3-7(15)4-6-8/h3-6,9,11H,2H2,1H3/t9-,11+/m0/s1. The van der Waals surface area contributed by atoms with Crippen molar-refractivity contribution in [3.05, 3.63) is 33.6 Å². The first-order valence-corrected chi connectivity index (χ1v) is 7.80. The number of rotatable bonds is 4. The van der Waals surface area contributed by atoms with E-state index in [2.05, 4.69) is 26.3 Å². The molecule has 124 valence electrons. The molecule has 0 unspecified atom stereocenters. The fraction of sp³-hybridized carbons (Fsp3) is 0.286. The van der Waals surface area contributed by atoms with Gasteiger partial charge < -0.3 is 4.74 Å². The Hall–Kier alpha value is -2.62. The lowest BCUT2D eigenvalue weighted by atomic mass is 9.98. The van der Waals surface area contributed by atoms with Crippen molar-refractivity contribution in [2.75, 3.05) is 11.5 Å². The van der Waals surface area contributed by atoms with Crippen LogP contribution in [0.3, 0.4) is 0 Å². The van der Waals surface area contributed by atoms with E-state index in [0.717, 1.165) is 9.37 Å². The summed E-state index contributed by atoms with van der Waals surface area (Å²) in [6, 6.07) is 5.21. The summed E-state index contributed by atoms with van der Waals surface area (Å²) in [4.78, 5) is 49.1. The van der Waals surface area contributed by atoms with Gasteiger partial charge in [0.15, 0.2) is 11.8 Å². The summed E-state index contributed by atoms with van der Waals surface area (Å²) in [5, 5.41) is 6.86. The Bertz CT molecular complexity index is 763. The van der Waals surface area contributed by atoms with Crippen LogP contribution in [0.5, 0.6) is 0 Å². The summed E-state index contributed by atoms with van der Waals surface area (Å²) in [5.74, 6) is -3.38. The number of ether oxygens (including phenoxy) is 1. The zero-order valence-electron chi connectivity index (χ0n) is 12.4. The summed E-state index contributed by atoms with van der Waals surface area (Å²) in [7, 11) is 0. The lowest BCUT2D eigenvalue weighted by Crippen LogP contribution is -2.36. The van der Waals surface area contributed by atoms with E-state index in [9.17, 15) is 19.3 Å². The molecule has 24 heavy (non-hydrogen) atoms. The highest BCUT2D eigenvalue weighted by atomic mass is 79.9. The van der Waals surface area contributed by atoms with Crippen molar-refractivity contribution in [3.8, 4) is 0 Å². The number of hydrogen-bond acceptors (Lipinski definition) is 7. The van der Waals surface area contributed by atoms with Gasteiger partial charge in [0, 0.05) is 4.47 Å². The van der Waals surface area contributed by atoms with Crippen molar-refractivity contribution < 1.29 is 19.1 Å². The van der Waals surface area contributed by atoms with Crippen molar-refractivity contribution in [2.24, 2.45) is 16.3 Å². The number of benzene rings is 1. The van der Waals surface area contributed by atoms with Gasteiger partial charge in [0.2, 0.25) is 5.91 Å². The third-order valence-corrected chi connectivity index (χ3v) is 4.21. The zero-order chi connectivity index (χ0) is 17.4. The molecule has 2 amide bonds. The molecule has 2 aliphatic rings. The molecule has 0 radical (unpaired) electrons. The van der Waals surface area contributed by atoms with Crippen LogP contribution in [0.25, 0.3) is 0 Å². The van der Waals surface area contributed by atoms with E-state index in [1.54, 1.807) is 31.2 Å². The summed E-state index contributed by atoms with van der Waals surface area (Å²) in [5.41, 5.74) is 0.0380. The number of hydrogen-bond donors (Lipinski definition) is 0.